The molecule has 0 spiro atoms. The van der Waals surface area contributed by atoms with Crippen molar-refractivity contribution in [3.05, 3.63) is 48.3 Å². The molecule has 1 aromatic heterocycles. The average Bonchev–Trinajstić information content (AvgIpc) is 2.25. The first-order valence-electron chi connectivity index (χ1n) is 4.65. The van der Waals surface area contributed by atoms with E-state index in [9.17, 15) is 0 Å². The third-order valence-electron chi connectivity index (χ3n) is 2.06. The molecule has 1 heterocycles. The van der Waals surface area contributed by atoms with Crippen LogP contribution in [0.25, 0.3) is 0 Å². The summed E-state index contributed by atoms with van der Waals surface area (Å²) in [5.74, 6) is 0. The van der Waals surface area contributed by atoms with Gasteiger partial charge in [-0.15, -0.1) is 0 Å². The molecule has 0 aliphatic rings. The lowest BCUT2D eigenvalue weighted by atomic mass is 10.3. The molecule has 2 aromatic rings. The lowest BCUT2D eigenvalue weighted by Gasteiger charge is -2.06. The summed E-state index contributed by atoms with van der Waals surface area (Å²) in [6, 6.07) is 9.86. The Kier molecular flexibility index (Phi) is 2.49. The fraction of sp³-hybridized carbons (Fsp3) is 0.0909. The van der Waals surface area contributed by atoms with E-state index >= 15 is 0 Å². The van der Waals surface area contributed by atoms with Gasteiger partial charge < -0.3 is 9.88 Å². The van der Waals surface area contributed by atoms with Crippen molar-refractivity contribution in [1.82, 2.24) is 9.55 Å². The maximum absolute atomic E-state index is 7.42. The standard InChI is InChI=1S/C11H12N4/c1-15-8-10(7-13-11(15)12)14-9-5-3-2-4-6-9/h2-8,12,14H,1H3. The molecule has 0 unspecified atom stereocenters. The van der Waals surface area contributed by atoms with Crippen LogP contribution in [0.2, 0.25) is 0 Å². The Morgan fingerprint density at radius 1 is 1.20 bits per heavy atom. The van der Waals surface area contributed by atoms with E-state index in [1.54, 1.807) is 17.8 Å². The zero-order valence-corrected chi connectivity index (χ0v) is 8.44. The van der Waals surface area contributed by atoms with Gasteiger partial charge in [0.1, 0.15) is 0 Å². The number of para-hydroxylation sites is 1. The minimum absolute atomic E-state index is 0.244. The van der Waals surface area contributed by atoms with Gasteiger partial charge in [-0.25, -0.2) is 4.98 Å². The molecule has 0 saturated carbocycles. The van der Waals surface area contributed by atoms with Crippen LogP contribution in [-0.4, -0.2) is 9.55 Å². The monoisotopic (exact) mass is 200 g/mol. The largest absolute Gasteiger partial charge is 0.353 e. The van der Waals surface area contributed by atoms with Gasteiger partial charge in [-0.2, -0.15) is 0 Å². The van der Waals surface area contributed by atoms with E-state index in [4.69, 9.17) is 5.41 Å². The highest BCUT2D eigenvalue weighted by molar-refractivity contribution is 5.57. The summed E-state index contributed by atoms with van der Waals surface area (Å²) in [5, 5.41) is 10.6. The van der Waals surface area contributed by atoms with Crippen LogP contribution >= 0.6 is 0 Å². The predicted molar refractivity (Wildman–Crippen MR) is 58.8 cm³/mol. The Morgan fingerprint density at radius 3 is 2.60 bits per heavy atom. The van der Waals surface area contributed by atoms with Gasteiger partial charge in [0.2, 0.25) is 5.62 Å². The van der Waals surface area contributed by atoms with Crippen LogP contribution in [-0.2, 0) is 7.05 Å². The molecule has 0 aliphatic carbocycles. The van der Waals surface area contributed by atoms with Crippen LogP contribution < -0.4 is 10.9 Å². The molecule has 15 heavy (non-hydrogen) atoms. The number of nitrogens with zero attached hydrogens (tertiary/aromatic N) is 2. The minimum Gasteiger partial charge on any atom is -0.353 e. The molecule has 0 aliphatic heterocycles. The molecule has 2 rings (SSSR count). The third-order valence-corrected chi connectivity index (χ3v) is 2.06. The number of benzene rings is 1. The van der Waals surface area contributed by atoms with Crippen molar-refractivity contribution in [2.75, 3.05) is 5.32 Å². The van der Waals surface area contributed by atoms with Crippen LogP contribution in [0.5, 0.6) is 0 Å². The second-order valence-electron chi connectivity index (χ2n) is 3.27. The van der Waals surface area contributed by atoms with Crippen molar-refractivity contribution >= 4 is 11.4 Å². The fourth-order valence-corrected chi connectivity index (χ4v) is 1.28. The van der Waals surface area contributed by atoms with Crippen LogP contribution in [0.15, 0.2) is 42.7 Å². The van der Waals surface area contributed by atoms with Crippen molar-refractivity contribution in [3.63, 3.8) is 0 Å². The highest BCUT2D eigenvalue weighted by Gasteiger charge is 1.94. The summed E-state index contributed by atoms with van der Waals surface area (Å²) in [4.78, 5) is 3.94. The van der Waals surface area contributed by atoms with Crippen LogP contribution in [0, 0.1) is 5.41 Å². The first kappa shape index (κ1) is 9.45. The molecule has 4 nitrogen and oxygen atoms in total. The van der Waals surface area contributed by atoms with E-state index in [-0.39, 0.29) is 5.62 Å². The topological polar surface area (TPSA) is 53.7 Å². The van der Waals surface area contributed by atoms with Crippen LogP contribution in [0.3, 0.4) is 0 Å². The van der Waals surface area contributed by atoms with Gasteiger partial charge in [0, 0.05) is 18.9 Å². The van der Waals surface area contributed by atoms with Crippen molar-refractivity contribution in [2.45, 2.75) is 0 Å². The van der Waals surface area contributed by atoms with E-state index in [0.29, 0.717) is 0 Å². The van der Waals surface area contributed by atoms with Gasteiger partial charge in [0.05, 0.1) is 11.9 Å². The number of aryl methyl sites for hydroxylation is 1. The van der Waals surface area contributed by atoms with Crippen LogP contribution in [0.4, 0.5) is 11.4 Å². The van der Waals surface area contributed by atoms with Crippen molar-refractivity contribution in [3.8, 4) is 0 Å². The Bertz CT molecular complexity index is 501. The van der Waals surface area contributed by atoms with Gasteiger partial charge in [-0.3, -0.25) is 5.41 Å². The molecule has 1 aromatic carbocycles. The first-order valence-corrected chi connectivity index (χ1v) is 4.65. The second-order valence-corrected chi connectivity index (χ2v) is 3.27. The molecule has 4 heteroatoms. The van der Waals surface area contributed by atoms with Gasteiger partial charge in [0.25, 0.3) is 0 Å². The maximum atomic E-state index is 7.42. The van der Waals surface area contributed by atoms with Gasteiger partial charge in [0.15, 0.2) is 0 Å². The Labute approximate surface area is 87.7 Å². The van der Waals surface area contributed by atoms with Gasteiger partial charge in [-0.05, 0) is 12.1 Å². The van der Waals surface area contributed by atoms with E-state index in [2.05, 4.69) is 10.3 Å². The molecule has 0 atom stereocenters. The molecule has 0 fully saturated rings. The van der Waals surface area contributed by atoms with E-state index in [1.807, 2.05) is 36.5 Å². The van der Waals surface area contributed by atoms with Gasteiger partial charge in [-0.1, -0.05) is 18.2 Å². The van der Waals surface area contributed by atoms with E-state index < -0.39 is 0 Å². The summed E-state index contributed by atoms with van der Waals surface area (Å²) in [6.45, 7) is 0. The Balaban J connectivity index is 2.26. The molecule has 0 bridgehead atoms. The summed E-state index contributed by atoms with van der Waals surface area (Å²) >= 11 is 0. The number of rotatable bonds is 2. The Hall–Kier alpha value is -2.10. The highest BCUT2D eigenvalue weighted by atomic mass is 15.1. The number of hydrogen-bond acceptors (Lipinski definition) is 3. The molecular formula is C11H12N4. The summed E-state index contributed by atoms with van der Waals surface area (Å²) in [6.07, 6.45) is 3.48. The lowest BCUT2D eigenvalue weighted by molar-refractivity contribution is 0.764. The number of aromatic nitrogens is 2. The lowest BCUT2D eigenvalue weighted by Crippen LogP contribution is -2.19. The number of hydrogen-bond donors (Lipinski definition) is 2. The smallest absolute Gasteiger partial charge is 0.221 e. The zero-order chi connectivity index (χ0) is 10.7. The number of anilines is 2. The first-order chi connectivity index (χ1) is 7.25. The molecule has 0 saturated heterocycles. The van der Waals surface area contributed by atoms with E-state index in [0.717, 1.165) is 11.4 Å². The molecule has 0 amide bonds. The predicted octanol–water partition coefficient (Wildman–Crippen LogP) is 1.64. The van der Waals surface area contributed by atoms with Gasteiger partial charge >= 0.3 is 0 Å². The highest BCUT2D eigenvalue weighted by Crippen LogP contribution is 2.12. The number of nitrogens with one attached hydrogen (secondary N) is 2. The van der Waals surface area contributed by atoms with Crippen molar-refractivity contribution < 1.29 is 0 Å². The van der Waals surface area contributed by atoms with E-state index in [1.165, 1.54) is 0 Å². The molecule has 0 radical (unpaired) electrons. The van der Waals surface area contributed by atoms with Crippen LogP contribution in [0.1, 0.15) is 0 Å². The van der Waals surface area contributed by atoms with Crippen molar-refractivity contribution in [1.29, 1.82) is 5.41 Å². The molecule has 76 valence electrons. The maximum Gasteiger partial charge on any atom is 0.221 e. The molecular weight excluding hydrogens is 188 g/mol. The Morgan fingerprint density at radius 2 is 1.93 bits per heavy atom. The summed E-state index contributed by atoms with van der Waals surface area (Å²) in [5.41, 5.74) is 2.13. The quantitative estimate of drug-likeness (QED) is 0.774. The third kappa shape index (κ3) is 2.22. The zero-order valence-electron chi connectivity index (χ0n) is 8.44. The fourth-order valence-electron chi connectivity index (χ4n) is 1.28. The molecule has 2 N–H and O–H groups in total. The van der Waals surface area contributed by atoms with Crippen molar-refractivity contribution in [2.24, 2.45) is 7.05 Å². The summed E-state index contributed by atoms with van der Waals surface area (Å²) in [7, 11) is 1.80. The normalized spacial score (nSPS) is 9.93. The minimum atomic E-state index is 0.244. The summed E-state index contributed by atoms with van der Waals surface area (Å²) < 4.78 is 1.66. The second kappa shape index (κ2) is 3.96. The SMILES string of the molecule is Cn1cc(Nc2ccccc2)cnc1=N. The average molecular weight is 200 g/mol.